The monoisotopic (exact) mass is 288 g/mol. The zero-order chi connectivity index (χ0) is 15.4. The number of aromatic nitrogens is 2. The minimum Gasteiger partial charge on any atom is -0.465 e. The number of anilines is 1. The molecule has 0 saturated carbocycles. The lowest BCUT2D eigenvalue weighted by molar-refractivity contribution is 0.0600. The van der Waals surface area contributed by atoms with Gasteiger partial charge in [-0.1, -0.05) is 12.1 Å². The topological polar surface area (TPSA) is 99.2 Å². The first-order valence-electron chi connectivity index (χ1n) is 6.26. The molecule has 21 heavy (non-hydrogen) atoms. The van der Waals surface area contributed by atoms with Crippen molar-refractivity contribution in [2.24, 2.45) is 7.05 Å². The average Bonchev–Trinajstić information content (AvgIpc) is 2.83. The number of methoxy groups -OCH3 is 1. The van der Waals surface area contributed by atoms with E-state index in [1.807, 2.05) is 0 Å². The Morgan fingerprint density at radius 1 is 1.33 bits per heavy atom. The highest BCUT2D eigenvalue weighted by Gasteiger charge is 2.14. The van der Waals surface area contributed by atoms with Gasteiger partial charge in [0, 0.05) is 13.6 Å². The number of hydrogen-bond acceptors (Lipinski definition) is 5. The van der Waals surface area contributed by atoms with Gasteiger partial charge in [0.2, 0.25) is 0 Å². The number of benzene rings is 1. The molecule has 110 valence electrons. The van der Waals surface area contributed by atoms with E-state index in [1.54, 1.807) is 31.3 Å². The van der Waals surface area contributed by atoms with Gasteiger partial charge in [-0.05, 0) is 17.7 Å². The normalized spacial score (nSPS) is 10.2. The predicted molar refractivity (Wildman–Crippen MR) is 76.6 cm³/mol. The van der Waals surface area contributed by atoms with Gasteiger partial charge < -0.3 is 15.8 Å². The van der Waals surface area contributed by atoms with Gasteiger partial charge in [-0.25, -0.2) is 4.79 Å². The van der Waals surface area contributed by atoms with E-state index < -0.39 is 5.97 Å². The molecular formula is C14H16N4O3. The quantitative estimate of drug-likeness (QED) is 0.808. The molecule has 0 fully saturated rings. The summed E-state index contributed by atoms with van der Waals surface area (Å²) in [6.07, 6.45) is 1.43. The van der Waals surface area contributed by atoms with Gasteiger partial charge in [-0.2, -0.15) is 5.10 Å². The Hall–Kier alpha value is -2.83. The Kier molecular flexibility index (Phi) is 4.22. The molecule has 0 bridgehead atoms. The third kappa shape index (κ3) is 3.19. The maximum absolute atomic E-state index is 12.0. The van der Waals surface area contributed by atoms with Gasteiger partial charge in [0.05, 0.1) is 24.6 Å². The molecule has 1 aromatic carbocycles. The molecule has 0 aliphatic heterocycles. The van der Waals surface area contributed by atoms with Gasteiger partial charge in [0.25, 0.3) is 5.91 Å². The van der Waals surface area contributed by atoms with Gasteiger partial charge >= 0.3 is 5.97 Å². The van der Waals surface area contributed by atoms with Crippen LogP contribution < -0.4 is 11.1 Å². The molecule has 3 N–H and O–H groups in total. The summed E-state index contributed by atoms with van der Waals surface area (Å²) in [7, 11) is 2.98. The number of rotatable bonds is 4. The molecule has 1 aromatic heterocycles. The number of nitrogen functional groups attached to an aromatic ring is 1. The molecular weight excluding hydrogens is 272 g/mol. The van der Waals surface area contributed by atoms with Crippen LogP contribution in [0.2, 0.25) is 0 Å². The summed E-state index contributed by atoms with van der Waals surface area (Å²) in [4.78, 5) is 23.3. The predicted octanol–water partition coefficient (Wildman–Crippen LogP) is 0.719. The van der Waals surface area contributed by atoms with E-state index in [-0.39, 0.29) is 5.91 Å². The van der Waals surface area contributed by atoms with Crippen LogP contribution in [-0.2, 0) is 18.3 Å². The van der Waals surface area contributed by atoms with E-state index in [1.165, 1.54) is 18.0 Å². The SMILES string of the molecule is COC(=O)c1ccc(CNC(=O)c2c(N)cnn2C)cc1. The molecule has 2 aromatic rings. The lowest BCUT2D eigenvalue weighted by atomic mass is 10.1. The Labute approximate surface area is 121 Å². The Bertz CT molecular complexity index is 642. The first kappa shape index (κ1) is 14.6. The van der Waals surface area contributed by atoms with Crippen molar-refractivity contribution < 1.29 is 14.3 Å². The second-order valence-electron chi connectivity index (χ2n) is 4.44. The Morgan fingerprint density at radius 2 is 2.00 bits per heavy atom. The first-order valence-corrected chi connectivity index (χ1v) is 6.26. The fourth-order valence-corrected chi connectivity index (χ4v) is 1.88. The van der Waals surface area contributed by atoms with Gasteiger partial charge in [0.1, 0.15) is 5.69 Å². The van der Waals surface area contributed by atoms with Crippen LogP contribution in [0, 0.1) is 0 Å². The molecule has 0 aliphatic carbocycles. The lowest BCUT2D eigenvalue weighted by Crippen LogP contribution is -2.26. The van der Waals surface area contributed by atoms with Crippen molar-refractivity contribution in [2.75, 3.05) is 12.8 Å². The fraction of sp³-hybridized carbons (Fsp3) is 0.214. The van der Waals surface area contributed by atoms with Crippen LogP contribution in [-0.4, -0.2) is 28.8 Å². The van der Waals surface area contributed by atoms with Crippen LogP contribution in [0.4, 0.5) is 5.69 Å². The van der Waals surface area contributed by atoms with Crippen LogP contribution in [0.1, 0.15) is 26.4 Å². The Balaban J connectivity index is 2.00. The van der Waals surface area contributed by atoms with E-state index in [2.05, 4.69) is 15.2 Å². The van der Waals surface area contributed by atoms with E-state index in [9.17, 15) is 9.59 Å². The second kappa shape index (κ2) is 6.08. The van der Waals surface area contributed by atoms with Crippen LogP contribution in [0.3, 0.4) is 0 Å². The maximum Gasteiger partial charge on any atom is 0.337 e. The van der Waals surface area contributed by atoms with Crippen molar-refractivity contribution in [1.82, 2.24) is 15.1 Å². The number of nitrogens with two attached hydrogens (primary N) is 1. The van der Waals surface area contributed by atoms with Crippen LogP contribution in [0.5, 0.6) is 0 Å². The maximum atomic E-state index is 12.0. The van der Waals surface area contributed by atoms with Crippen molar-refractivity contribution in [1.29, 1.82) is 0 Å². The highest BCUT2D eigenvalue weighted by molar-refractivity contribution is 5.97. The molecule has 0 radical (unpaired) electrons. The summed E-state index contributed by atoms with van der Waals surface area (Å²) >= 11 is 0. The fourth-order valence-electron chi connectivity index (χ4n) is 1.88. The molecule has 0 unspecified atom stereocenters. The zero-order valence-electron chi connectivity index (χ0n) is 11.8. The minimum absolute atomic E-state index is 0.301. The summed E-state index contributed by atoms with van der Waals surface area (Å²) in [6, 6.07) is 6.79. The number of esters is 1. The minimum atomic E-state index is -0.395. The molecule has 7 heteroatoms. The van der Waals surface area contributed by atoms with Crippen molar-refractivity contribution in [2.45, 2.75) is 6.54 Å². The second-order valence-corrected chi connectivity index (χ2v) is 4.44. The van der Waals surface area contributed by atoms with Crippen molar-refractivity contribution in [3.63, 3.8) is 0 Å². The number of nitrogens with one attached hydrogen (secondary N) is 1. The van der Waals surface area contributed by atoms with E-state index in [0.29, 0.717) is 23.5 Å². The summed E-state index contributed by atoms with van der Waals surface area (Å²) in [6.45, 7) is 0.324. The zero-order valence-corrected chi connectivity index (χ0v) is 11.8. The molecule has 1 heterocycles. The lowest BCUT2D eigenvalue weighted by Gasteiger charge is -2.07. The standard InChI is InChI=1S/C14H16N4O3/c1-18-12(11(15)8-17-18)13(19)16-7-9-3-5-10(6-4-9)14(20)21-2/h3-6,8H,7,15H2,1-2H3,(H,16,19). The molecule has 0 aliphatic rings. The molecule has 0 atom stereocenters. The van der Waals surface area contributed by atoms with Crippen LogP contribution in [0.15, 0.2) is 30.5 Å². The van der Waals surface area contributed by atoms with Crippen molar-refractivity contribution in [3.8, 4) is 0 Å². The summed E-state index contributed by atoms with van der Waals surface area (Å²) in [5.41, 5.74) is 7.65. The summed E-state index contributed by atoms with van der Waals surface area (Å²) in [5.74, 6) is -0.696. The van der Waals surface area contributed by atoms with E-state index in [0.717, 1.165) is 5.56 Å². The number of carbonyl (C=O) groups excluding carboxylic acids is 2. The van der Waals surface area contributed by atoms with E-state index >= 15 is 0 Å². The first-order chi connectivity index (χ1) is 10.0. The average molecular weight is 288 g/mol. The molecule has 1 amide bonds. The Morgan fingerprint density at radius 3 is 2.52 bits per heavy atom. The van der Waals surface area contributed by atoms with Crippen LogP contribution in [0.25, 0.3) is 0 Å². The number of carbonyl (C=O) groups is 2. The van der Waals surface area contributed by atoms with Gasteiger partial charge in [-0.3, -0.25) is 9.48 Å². The third-order valence-electron chi connectivity index (χ3n) is 3.01. The highest BCUT2D eigenvalue weighted by atomic mass is 16.5. The number of ether oxygens (including phenoxy) is 1. The number of aryl methyl sites for hydroxylation is 1. The summed E-state index contributed by atoms with van der Waals surface area (Å²) < 4.78 is 6.04. The number of hydrogen-bond donors (Lipinski definition) is 2. The molecule has 2 rings (SSSR count). The van der Waals surface area contributed by atoms with Crippen LogP contribution >= 0.6 is 0 Å². The van der Waals surface area contributed by atoms with Crippen molar-refractivity contribution >= 4 is 17.6 Å². The molecule has 7 nitrogen and oxygen atoms in total. The highest BCUT2D eigenvalue weighted by Crippen LogP contribution is 2.10. The van der Waals surface area contributed by atoms with Gasteiger partial charge in [-0.15, -0.1) is 0 Å². The van der Waals surface area contributed by atoms with Gasteiger partial charge in [0.15, 0.2) is 0 Å². The molecule has 0 saturated heterocycles. The number of amides is 1. The smallest absolute Gasteiger partial charge is 0.337 e. The summed E-state index contributed by atoms with van der Waals surface area (Å²) in [5, 5.41) is 6.66. The number of nitrogens with zero attached hydrogens (tertiary/aromatic N) is 2. The van der Waals surface area contributed by atoms with Crippen molar-refractivity contribution in [3.05, 3.63) is 47.3 Å². The third-order valence-corrected chi connectivity index (χ3v) is 3.01. The van der Waals surface area contributed by atoms with E-state index in [4.69, 9.17) is 5.73 Å². The molecule has 0 spiro atoms. The largest absolute Gasteiger partial charge is 0.465 e.